The Morgan fingerprint density at radius 3 is 2.46 bits per heavy atom. The number of carbonyl (C=O) groups excluding carboxylic acids is 1. The number of piperazine rings is 1. The third-order valence-electron chi connectivity index (χ3n) is 4.26. The summed E-state index contributed by atoms with van der Waals surface area (Å²) in [4.78, 5) is 16.3. The van der Waals surface area contributed by atoms with E-state index in [-0.39, 0.29) is 17.6 Å². The number of amides is 2. The molecule has 2 amide bonds. The lowest BCUT2D eigenvalue weighted by Crippen LogP contribution is -2.50. The summed E-state index contributed by atoms with van der Waals surface area (Å²) < 4.78 is 19.0. The Bertz CT molecular complexity index is 734. The third-order valence-corrected chi connectivity index (χ3v) is 4.51. The Hall–Kier alpha value is -2.31. The van der Waals surface area contributed by atoms with Crippen LogP contribution in [0, 0.1) is 5.82 Å². The average molecular weight is 378 g/mol. The van der Waals surface area contributed by atoms with Gasteiger partial charge in [0.1, 0.15) is 6.61 Å². The number of carbonyl (C=O) groups is 1. The summed E-state index contributed by atoms with van der Waals surface area (Å²) in [5.41, 5.74) is 0.722. The molecular weight excluding hydrogens is 357 g/mol. The zero-order chi connectivity index (χ0) is 18.4. The van der Waals surface area contributed by atoms with E-state index in [1.165, 1.54) is 6.07 Å². The van der Waals surface area contributed by atoms with Crippen LogP contribution < -0.4 is 10.1 Å². The maximum Gasteiger partial charge on any atom is 0.321 e. The van der Waals surface area contributed by atoms with Crippen molar-refractivity contribution in [1.82, 2.24) is 9.80 Å². The number of para-hydroxylation sites is 1. The normalized spacial score (nSPS) is 14.9. The lowest BCUT2D eigenvalue weighted by Gasteiger charge is -2.34. The molecule has 1 saturated heterocycles. The highest BCUT2D eigenvalue weighted by molar-refractivity contribution is 6.30. The molecule has 0 saturated carbocycles. The number of benzene rings is 2. The van der Waals surface area contributed by atoms with E-state index in [4.69, 9.17) is 16.3 Å². The molecule has 0 aliphatic carbocycles. The summed E-state index contributed by atoms with van der Waals surface area (Å²) in [5.74, 6) is -0.0790. The van der Waals surface area contributed by atoms with Gasteiger partial charge in [-0.1, -0.05) is 23.7 Å². The molecule has 2 aromatic rings. The van der Waals surface area contributed by atoms with Gasteiger partial charge in [0.2, 0.25) is 0 Å². The SMILES string of the molecule is O=C(Nc1ccc(Cl)cc1)N1CCN(CCOc2ccccc2F)CC1. The highest BCUT2D eigenvalue weighted by Crippen LogP contribution is 2.16. The van der Waals surface area contributed by atoms with E-state index in [9.17, 15) is 9.18 Å². The number of ether oxygens (including phenoxy) is 1. The minimum Gasteiger partial charge on any atom is -0.489 e. The van der Waals surface area contributed by atoms with Crippen molar-refractivity contribution in [2.75, 3.05) is 44.6 Å². The minimum absolute atomic E-state index is 0.116. The monoisotopic (exact) mass is 377 g/mol. The van der Waals surface area contributed by atoms with Crippen LogP contribution in [0.3, 0.4) is 0 Å². The molecule has 0 atom stereocenters. The molecule has 2 aromatic carbocycles. The van der Waals surface area contributed by atoms with Gasteiger partial charge in [-0.05, 0) is 36.4 Å². The first-order valence-corrected chi connectivity index (χ1v) is 8.91. The highest BCUT2D eigenvalue weighted by atomic mass is 35.5. The summed E-state index contributed by atoms with van der Waals surface area (Å²) >= 11 is 5.84. The van der Waals surface area contributed by atoms with E-state index in [1.54, 1.807) is 47.4 Å². The molecule has 1 heterocycles. The largest absolute Gasteiger partial charge is 0.489 e. The molecule has 0 spiro atoms. The molecule has 138 valence electrons. The fourth-order valence-corrected chi connectivity index (χ4v) is 2.88. The standard InChI is InChI=1S/C19H21ClFN3O2/c20-15-5-7-16(8-6-15)22-19(25)24-11-9-23(10-12-24)13-14-26-18-4-2-1-3-17(18)21/h1-8H,9-14H2,(H,22,25). The highest BCUT2D eigenvalue weighted by Gasteiger charge is 2.21. The molecule has 1 aliphatic heterocycles. The van der Waals surface area contributed by atoms with Gasteiger partial charge in [0.15, 0.2) is 11.6 Å². The molecule has 1 fully saturated rings. The van der Waals surface area contributed by atoms with E-state index in [2.05, 4.69) is 10.2 Å². The molecule has 0 unspecified atom stereocenters. The van der Waals surface area contributed by atoms with E-state index >= 15 is 0 Å². The Morgan fingerprint density at radius 2 is 1.77 bits per heavy atom. The van der Waals surface area contributed by atoms with Gasteiger partial charge >= 0.3 is 6.03 Å². The van der Waals surface area contributed by atoms with Crippen molar-refractivity contribution in [2.45, 2.75) is 0 Å². The second-order valence-electron chi connectivity index (χ2n) is 6.04. The number of nitrogens with zero attached hydrogens (tertiary/aromatic N) is 2. The first kappa shape index (κ1) is 18.5. The molecule has 1 N–H and O–H groups in total. The van der Waals surface area contributed by atoms with E-state index < -0.39 is 0 Å². The van der Waals surface area contributed by atoms with Gasteiger partial charge in [0, 0.05) is 43.4 Å². The summed E-state index contributed by atoms with van der Waals surface area (Å²) in [6.07, 6.45) is 0. The van der Waals surface area contributed by atoms with Crippen LogP contribution >= 0.6 is 11.6 Å². The Morgan fingerprint density at radius 1 is 1.08 bits per heavy atom. The fourth-order valence-electron chi connectivity index (χ4n) is 2.76. The van der Waals surface area contributed by atoms with Gasteiger partial charge in [-0.15, -0.1) is 0 Å². The number of halogens is 2. The topological polar surface area (TPSA) is 44.8 Å². The average Bonchev–Trinajstić information content (AvgIpc) is 2.66. The van der Waals surface area contributed by atoms with E-state index in [0.717, 1.165) is 18.8 Å². The van der Waals surface area contributed by atoms with Crippen molar-refractivity contribution in [2.24, 2.45) is 0 Å². The van der Waals surface area contributed by atoms with Crippen LogP contribution in [0.2, 0.25) is 5.02 Å². The zero-order valence-corrected chi connectivity index (χ0v) is 15.1. The second-order valence-corrected chi connectivity index (χ2v) is 6.48. The van der Waals surface area contributed by atoms with Gasteiger partial charge in [-0.3, -0.25) is 4.90 Å². The second kappa shape index (κ2) is 8.87. The smallest absolute Gasteiger partial charge is 0.321 e. The molecule has 0 radical (unpaired) electrons. The minimum atomic E-state index is -0.351. The number of nitrogens with one attached hydrogen (secondary N) is 1. The van der Waals surface area contributed by atoms with Gasteiger partial charge in [0.05, 0.1) is 0 Å². The number of urea groups is 1. The van der Waals surface area contributed by atoms with Crippen LogP contribution in [0.5, 0.6) is 5.75 Å². The van der Waals surface area contributed by atoms with Crippen LogP contribution in [0.25, 0.3) is 0 Å². The van der Waals surface area contributed by atoms with Crippen LogP contribution in [0.1, 0.15) is 0 Å². The first-order valence-electron chi connectivity index (χ1n) is 8.53. The number of rotatable bonds is 5. The summed E-state index contributed by atoms with van der Waals surface area (Å²) in [6, 6.07) is 13.3. The van der Waals surface area contributed by atoms with Crippen molar-refractivity contribution >= 4 is 23.3 Å². The van der Waals surface area contributed by atoms with Crippen molar-refractivity contribution in [1.29, 1.82) is 0 Å². The van der Waals surface area contributed by atoms with E-state index in [0.29, 0.717) is 31.3 Å². The van der Waals surface area contributed by atoms with Gasteiger partial charge in [-0.25, -0.2) is 9.18 Å². The first-order chi connectivity index (χ1) is 12.6. The number of hydrogen-bond acceptors (Lipinski definition) is 3. The predicted molar refractivity (Wildman–Crippen MR) is 100 cm³/mol. The fraction of sp³-hybridized carbons (Fsp3) is 0.316. The third kappa shape index (κ3) is 5.09. The van der Waals surface area contributed by atoms with Crippen molar-refractivity contribution in [3.8, 4) is 5.75 Å². The molecule has 0 bridgehead atoms. The van der Waals surface area contributed by atoms with Gasteiger partial charge in [0.25, 0.3) is 0 Å². The quantitative estimate of drug-likeness (QED) is 0.864. The summed E-state index contributed by atoms with van der Waals surface area (Å²) in [5, 5.41) is 3.50. The molecule has 3 rings (SSSR count). The van der Waals surface area contributed by atoms with Crippen molar-refractivity contribution in [3.63, 3.8) is 0 Å². The van der Waals surface area contributed by atoms with Crippen LogP contribution in [-0.2, 0) is 0 Å². The van der Waals surface area contributed by atoms with Crippen molar-refractivity contribution < 1.29 is 13.9 Å². The van der Waals surface area contributed by atoms with Gasteiger partial charge in [-0.2, -0.15) is 0 Å². The lowest BCUT2D eigenvalue weighted by molar-refractivity contribution is 0.131. The van der Waals surface area contributed by atoms with Crippen LogP contribution in [0.4, 0.5) is 14.9 Å². The Labute approximate surface area is 157 Å². The van der Waals surface area contributed by atoms with E-state index in [1.807, 2.05) is 0 Å². The van der Waals surface area contributed by atoms with Crippen LogP contribution in [0.15, 0.2) is 48.5 Å². The molecule has 0 aromatic heterocycles. The Balaban J connectivity index is 1.39. The van der Waals surface area contributed by atoms with Gasteiger partial charge < -0.3 is 15.0 Å². The molecule has 1 aliphatic rings. The predicted octanol–water partition coefficient (Wildman–Crippen LogP) is 3.71. The number of anilines is 1. The zero-order valence-electron chi connectivity index (χ0n) is 14.3. The molecule has 26 heavy (non-hydrogen) atoms. The maximum absolute atomic E-state index is 13.5. The summed E-state index contributed by atoms with van der Waals surface area (Å²) in [7, 11) is 0. The maximum atomic E-state index is 13.5. The van der Waals surface area contributed by atoms with Crippen LogP contribution in [-0.4, -0.2) is 55.2 Å². The Kier molecular flexibility index (Phi) is 6.30. The van der Waals surface area contributed by atoms with Crippen molar-refractivity contribution in [3.05, 3.63) is 59.4 Å². The molecular formula is C19H21ClFN3O2. The molecule has 7 heteroatoms. The lowest BCUT2D eigenvalue weighted by atomic mass is 10.3. The summed E-state index contributed by atoms with van der Waals surface area (Å²) in [6.45, 7) is 3.90. The molecule has 5 nitrogen and oxygen atoms in total. The number of hydrogen-bond donors (Lipinski definition) is 1.